The molecule has 0 bridgehead atoms. The first-order chi connectivity index (χ1) is 12.1. The Labute approximate surface area is 150 Å². The minimum atomic E-state index is 0.0601. The Morgan fingerprint density at radius 3 is 2.56 bits per heavy atom. The van der Waals surface area contributed by atoms with Crippen molar-refractivity contribution in [3.8, 4) is 0 Å². The summed E-state index contributed by atoms with van der Waals surface area (Å²) < 4.78 is 5.88. The van der Waals surface area contributed by atoms with Crippen molar-refractivity contribution in [3.63, 3.8) is 0 Å². The highest BCUT2D eigenvalue weighted by molar-refractivity contribution is 5.78. The van der Waals surface area contributed by atoms with Crippen LogP contribution >= 0.6 is 0 Å². The van der Waals surface area contributed by atoms with E-state index in [1.807, 2.05) is 49.4 Å². The Morgan fingerprint density at radius 2 is 1.92 bits per heavy atom. The number of amides is 1. The minimum Gasteiger partial charge on any atom is -0.465 e. The molecule has 4 heteroatoms. The van der Waals surface area contributed by atoms with Crippen LogP contribution in [0, 0.1) is 12.8 Å². The molecular weight excluding hydrogens is 312 g/mol. The maximum atomic E-state index is 12.3. The molecule has 4 nitrogen and oxygen atoms in total. The lowest BCUT2D eigenvalue weighted by Gasteiger charge is -2.35. The van der Waals surface area contributed by atoms with Crippen LogP contribution < -0.4 is 5.32 Å². The third kappa shape index (κ3) is 4.95. The van der Waals surface area contributed by atoms with Gasteiger partial charge in [-0.3, -0.25) is 9.69 Å². The van der Waals surface area contributed by atoms with Gasteiger partial charge in [-0.25, -0.2) is 0 Å². The highest BCUT2D eigenvalue weighted by Gasteiger charge is 2.27. The quantitative estimate of drug-likeness (QED) is 0.872. The molecule has 0 aliphatic carbocycles. The number of hydrogen-bond acceptors (Lipinski definition) is 3. The summed E-state index contributed by atoms with van der Waals surface area (Å²) in [5.74, 6) is 2.71. The second kappa shape index (κ2) is 8.34. The van der Waals surface area contributed by atoms with Gasteiger partial charge in [-0.2, -0.15) is 0 Å². The average molecular weight is 340 g/mol. The van der Waals surface area contributed by atoms with E-state index in [-0.39, 0.29) is 11.9 Å². The fourth-order valence-electron chi connectivity index (χ4n) is 3.44. The summed E-state index contributed by atoms with van der Waals surface area (Å²) in [6, 6.07) is 14.0. The summed E-state index contributed by atoms with van der Waals surface area (Å²) in [5.41, 5.74) is 1.04. The molecular formula is C21H28N2O2. The molecule has 25 heavy (non-hydrogen) atoms. The lowest BCUT2D eigenvalue weighted by molar-refractivity contribution is -0.120. The van der Waals surface area contributed by atoms with E-state index in [0.29, 0.717) is 13.0 Å². The van der Waals surface area contributed by atoms with Crippen molar-refractivity contribution in [2.45, 2.75) is 39.2 Å². The van der Waals surface area contributed by atoms with Crippen LogP contribution in [0.3, 0.4) is 0 Å². The monoisotopic (exact) mass is 340 g/mol. The smallest absolute Gasteiger partial charge is 0.224 e. The summed E-state index contributed by atoms with van der Waals surface area (Å²) in [6.07, 6.45) is 2.82. The summed E-state index contributed by atoms with van der Waals surface area (Å²) >= 11 is 0. The van der Waals surface area contributed by atoms with Crippen LogP contribution in [0.4, 0.5) is 0 Å². The van der Waals surface area contributed by atoms with E-state index in [2.05, 4.69) is 17.1 Å². The van der Waals surface area contributed by atoms with Crippen molar-refractivity contribution in [1.29, 1.82) is 0 Å². The van der Waals surface area contributed by atoms with Crippen molar-refractivity contribution in [3.05, 3.63) is 59.5 Å². The number of hydrogen-bond donors (Lipinski definition) is 1. The molecule has 1 aromatic heterocycles. The number of rotatable bonds is 6. The number of nitrogens with zero attached hydrogens (tertiary/aromatic N) is 1. The molecule has 1 aromatic carbocycles. The lowest BCUT2D eigenvalue weighted by atomic mass is 9.97. The van der Waals surface area contributed by atoms with E-state index in [1.54, 1.807) is 0 Å². The fraction of sp³-hybridized carbons (Fsp3) is 0.476. The molecule has 0 unspecified atom stereocenters. The molecule has 3 rings (SSSR count). The average Bonchev–Trinajstić information content (AvgIpc) is 3.04. The highest BCUT2D eigenvalue weighted by Crippen LogP contribution is 2.27. The van der Waals surface area contributed by atoms with Crippen LogP contribution in [-0.2, 0) is 11.2 Å². The van der Waals surface area contributed by atoms with E-state index in [1.165, 1.54) is 12.8 Å². The predicted molar refractivity (Wildman–Crippen MR) is 99.3 cm³/mol. The van der Waals surface area contributed by atoms with Gasteiger partial charge in [0.15, 0.2) is 0 Å². The highest BCUT2D eigenvalue weighted by atomic mass is 16.3. The van der Waals surface area contributed by atoms with Crippen molar-refractivity contribution >= 4 is 5.91 Å². The molecule has 0 radical (unpaired) electrons. The number of benzene rings is 1. The van der Waals surface area contributed by atoms with Gasteiger partial charge in [0.05, 0.1) is 12.5 Å². The summed E-state index contributed by atoms with van der Waals surface area (Å²) in [4.78, 5) is 14.8. The Bertz CT molecular complexity index is 672. The second-order valence-corrected chi connectivity index (χ2v) is 7.15. The number of piperidine rings is 1. The molecule has 1 fully saturated rings. The van der Waals surface area contributed by atoms with Gasteiger partial charge in [-0.05, 0) is 56.5 Å². The zero-order valence-electron chi connectivity index (χ0n) is 15.2. The Morgan fingerprint density at radius 1 is 1.20 bits per heavy atom. The van der Waals surface area contributed by atoms with Gasteiger partial charge in [-0.1, -0.05) is 37.3 Å². The van der Waals surface area contributed by atoms with E-state index in [0.717, 1.165) is 36.1 Å². The Balaban J connectivity index is 1.62. The number of aryl methyl sites for hydroxylation is 1. The molecule has 1 amide bonds. The molecule has 1 atom stereocenters. The first-order valence-corrected chi connectivity index (χ1v) is 9.23. The van der Waals surface area contributed by atoms with Crippen LogP contribution in [0.2, 0.25) is 0 Å². The van der Waals surface area contributed by atoms with Crippen molar-refractivity contribution in [2.24, 2.45) is 5.92 Å². The zero-order chi connectivity index (χ0) is 17.6. The molecule has 1 aliphatic heterocycles. The third-order valence-electron chi connectivity index (χ3n) is 5.05. The largest absolute Gasteiger partial charge is 0.465 e. The lowest BCUT2D eigenvalue weighted by Crippen LogP contribution is -2.42. The molecule has 1 saturated heterocycles. The maximum absolute atomic E-state index is 12.3. The number of carbonyl (C=O) groups is 1. The molecule has 2 aromatic rings. The third-order valence-corrected chi connectivity index (χ3v) is 5.05. The minimum absolute atomic E-state index is 0.0601. The topological polar surface area (TPSA) is 45.5 Å². The van der Waals surface area contributed by atoms with Crippen LogP contribution in [0.15, 0.2) is 46.9 Å². The van der Waals surface area contributed by atoms with Gasteiger partial charge >= 0.3 is 0 Å². The summed E-state index contributed by atoms with van der Waals surface area (Å²) in [5, 5.41) is 3.11. The normalized spacial score (nSPS) is 17.4. The number of likely N-dealkylation sites (tertiary alicyclic amines) is 1. The van der Waals surface area contributed by atoms with Crippen molar-refractivity contribution < 1.29 is 9.21 Å². The second-order valence-electron chi connectivity index (χ2n) is 7.15. The summed E-state index contributed by atoms with van der Waals surface area (Å²) in [7, 11) is 0. The molecule has 2 heterocycles. The zero-order valence-corrected chi connectivity index (χ0v) is 15.2. The van der Waals surface area contributed by atoms with Gasteiger partial charge in [0.1, 0.15) is 11.5 Å². The van der Waals surface area contributed by atoms with Crippen molar-refractivity contribution in [1.82, 2.24) is 10.2 Å². The Hall–Kier alpha value is -2.07. The van der Waals surface area contributed by atoms with Crippen molar-refractivity contribution in [2.75, 3.05) is 19.6 Å². The molecule has 0 spiro atoms. The maximum Gasteiger partial charge on any atom is 0.224 e. The van der Waals surface area contributed by atoms with Gasteiger partial charge < -0.3 is 9.73 Å². The van der Waals surface area contributed by atoms with Gasteiger partial charge in [-0.15, -0.1) is 0 Å². The van der Waals surface area contributed by atoms with Crippen LogP contribution in [-0.4, -0.2) is 30.4 Å². The van der Waals surface area contributed by atoms with Crippen LogP contribution in [0.1, 0.15) is 42.9 Å². The fourth-order valence-corrected chi connectivity index (χ4v) is 3.44. The first kappa shape index (κ1) is 17.7. The predicted octanol–water partition coefficient (Wildman–Crippen LogP) is 3.72. The number of nitrogens with one attached hydrogen (secondary N) is 1. The van der Waals surface area contributed by atoms with Gasteiger partial charge in [0.2, 0.25) is 5.91 Å². The SMILES string of the molecule is Cc1ccc([C@@H](CNC(=O)Cc2ccccc2)N2CCC(C)CC2)o1. The van der Waals surface area contributed by atoms with Gasteiger partial charge in [0.25, 0.3) is 0 Å². The standard InChI is InChI=1S/C21H28N2O2/c1-16-10-12-23(13-11-16)19(20-9-8-17(2)25-20)15-22-21(24)14-18-6-4-3-5-7-18/h3-9,16,19H,10-15H2,1-2H3,(H,22,24)/t19-/m1/s1. The van der Waals surface area contributed by atoms with E-state index in [4.69, 9.17) is 4.42 Å². The molecule has 134 valence electrons. The van der Waals surface area contributed by atoms with Crippen LogP contribution in [0.5, 0.6) is 0 Å². The molecule has 1 N–H and O–H groups in total. The van der Waals surface area contributed by atoms with E-state index < -0.39 is 0 Å². The molecule has 0 saturated carbocycles. The summed E-state index contributed by atoms with van der Waals surface area (Å²) in [6.45, 7) is 6.98. The molecule has 1 aliphatic rings. The van der Waals surface area contributed by atoms with Gasteiger partial charge in [0, 0.05) is 6.54 Å². The van der Waals surface area contributed by atoms with E-state index >= 15 is 0 Å². The number of furan rings is 1. The first-order valence-electron chi connectivity index (χ1n) is 9.23. The Kier molecular flexibility index (Phi) is 5.92. The number of carbonyl (C=O) groups excluding carboxylic acids is 1. The van der Waals surface area contributed by atoms with E-state index in [9.17, 15) is 4.79 Å². The van der Waals surface area contributed by atoms with Crippen LogP contribution in [0.25, 0.3) is 0 Å².